The molecule has 2 nitrogen and oxygen atoms in total. The number of hydrogen-bond donors (Lipinski definition) is 0. The molecule has 0 saturated heterocycles. The van der Waals surface area contributed by atoms with E-state index in [1.807, 2.05) is 37.3 Å². The van der Waals surface area contributed by atoms with Gasteiger partial charge in [-0.05, 0) is 37.6 Å². The maximum Gasteiger partial charge on any atom is 0.137 e. The van der Waals surface area contributed by atoms with Crippen LogP contribution in [-0.4, -0.2) is 9.38 Å². The summed E-state index contributed by atoms with van der Waals surface area (Å²) in [7, 11) is 0. The van der Waals surface area contributed by atoms with Crippen LogP contribution >= 0.6 is 11.6 Å². The SMILES string of the molecule is Cc1ccc2nc(C)c(-c3ccc(Cl)cc3)n2c1. The van der Waals surface area contributed by atoms with Gasteiger partial charge in [0.25, 0.3) is 0 Å². The zero-order chi connectivity index (χ0) is 12.7. The van der Waals surface area contributed by atoms with Crippen molar-refractivity contribution < 1.29 is 0 Å². The minimum atomic E-state index is 0.751. The van der Waals surface area contributed by atoms with E-state index >= 15 is 0 Å². The lowest BCUT2D eigenvalue weighted by Gasteiger charge is -2.04. The quantitative estimate of drug-likeness (QED) is 0.636. The van der Waals surface area contributed by atoms with Crippen molar-refractivity contribution in [3.05, 3.63) is 58.9 Å². The van der Waals surface area contributed by atoms with Crippen molar-refractivity contribution in [1.29, 1.82) is 0 Å². The summed E-state index contributed by atoms with van der Waals surface area (Å²) in [5, 5.41) is 0.751. The van der Waals surface area contributed by atoms with Crippen LogP contribution in [0.4, 0.5) is 0 Å². The normalized spacial score (nSPS) is 11.1. The van der Waals surface area contributed by atoms with E-state index in [0.29, 0.717) is 0 Å². The van der Waals surface area contributed by atoms with E-state index in [9.17, 15) is 0 Å². The number of imidazole rings is 1. The summed E-state index contributed by atoms with van der Waals surface area (Å²) in [6.45, 7) is 4.12. The molecule has 18 heavy (non-hydrogen) atoms. The smallest absolute Gasteiger partial charge is 0.137 e. The molecule has 2 aromatic heterocycles. The number of fused-ring (bicyclic) bond motifs is 1. The molecule has 0 fully saturated rings. The van der Waals surface area contributed by atoms with Crippen molar-refractivity contribution in [1.82, 2.24) is 9.38 Å². The van der Waals surface area contributed by atoms with Gasteiger partial charge in [0.1, 0.15) is 5.65 Å². The van der Waals surface area contributed by atoms with E-state index in [2.05, 4.69) is 28.6 Å². The maximum absolute atomic E-state index is 5.93. The molecule has 3 rings (SSSR count). The lowest BCUT2D eigenvalue weighted by atomic mass is 10.1. The first kappa shape index (κ1) is 11.3. The van der Waals surface area contributed by atoms with Crippen LogP contribution in [0.5, 0.6) is 0 Å². The molecule has 0 radical (unpaired) electrons. The Morgan fingerprint density at radius 2 is 1.72 bits per heavy atom. The second-order valence-electron chi connectivity index (χ2n) is 4.49. The molecule has 0 spiro atoms. The molecule has 0 atom stereocenters. The second-order valence-corrected chi connectivity index (χ2v) is 4.92. The van der Waals surface area contributed by atoms with Crippen LogP contribution in [-0.2, 0) is 0 Å². The molecule has 3 heteroatoms. The van der Waals surface area contributed by atoms with Gasteiger partial charge in [-0.2, -0.15) is 0 Å². The van der Waals surface area contributed by atoms with E-state index in [-0.39, 0.29) is 0 Å². The fraction of sp³-hybridized carbons (Fsp3) is 0.133. The molecule has 0 amide bonds. The minimum Gasteiger partial charge on any atom is -0.299 e. The highest BCUT2D eigenvalue weighted by Crippen LogP contribution is 2.26. The highest BCUT2D eigenvalue weighted by atomic mass is 35.5. The van der Waals surface area contributed by atoms with Crippen LogP contribution in [0, 0.1) is 13.8 Å². The van der Waals surface area contributed by atoms with E-state index in [1.165, 1.54) is 5.56 Å². The first-order chi connectivity index (χ1) is 8.65. The van der Waals surface area contributed by atoms with Gasteiger partial charge in [0.2, 0.25) is 0 Å². The van der Waals surface area contributed by atoms with Crippen LogP contribution in [0.2, 0.25) is 5.02 Å². The Hall–Kier alpha value is -1.80. The van der Waals surface area contributed by atoms with Crippen molar-refractivity contribution in [2.45, 2.75) is 13.8 Å². The standard InChI is InChI=1S/C15H13ClN2/c1-10-3-8-14-17-11(2)15(18(14)9-10)12-4-6-13(16)7-5-12/h3-9H,1-2H3. The molecular weight excluding hydrogens is 244 g/mol. The number of halogens is 1. The highest BCUT2D eigenvalue weighted by molar-refractivity contribution is 6.30. The number of hydrogen-bond acceptors (Lipinski definition) is 1. The third kappa shape index (κ3) is 1.79. The van der Waals surface area contributed by atoms with Gasteiger partial charge in [-0.15, -0.1) is 0 Å². The van der Waals surface area contributed by atoms with Gasteiger partial charge >= 0.3 is 0 Å². The van der Waals surface area contributed by atoms with Crippen molar-refractivity contribution in [2.24, 2.45) is 0 Å². The number of pyridine rings is 1. The predicted octanol–water partition coefficient (Wildman–Crippen LogP) is 4.27. The summed E-state index contributed by atoms with van der Waals surface area (Å²) in [4.78, 5) is 4.58. The van der Waals surface area contributed by atoms with Crippen molar-refractivity contribution >= 4 is 17.2 Å². The molecule has 3 aromatic rings. The number of aryl methyl sites for hydroxylation is 2. The van der Waals surface area contributed by atoms with Crippen LogP contribution in [0.3, 0.4) is 0 Å². The zero-order valence-electron chi connectivity index (χ0n) is 10.3. The molecule has 0 unspecified atom stereocenters. The monoisotopic (exact) mass is 256 g/mol. The Morgan fingerprint density at radius 3 is 2.44 bits per heavy atom. The molecule has 0 aliphatic carbocycles. The van der Waals surface area contributed by atoms with Gasteiger partial charge in [0, 0.05) is 16.8 Å². The Balaban J connectivity index is 2.30. The summed E-state index contributed by atoms with van der Waals surface area (Å²) in [6.07, 6.45) is 2.11. The minimum absolute atomic E-state index is 0.751. The molecule has 0 N–H and O–H groups in total. The molecule has 0 aliphatic rings. The zero-order valence-corrected chi connectivity index (χ0v) is 11.1. The summed E-state index contributed by atoms with van der Waals surface area (Å²) in [6, 6.07) is 12.0. The van der Waals surface area contributed by atoms with Crippen LogP contribution < -0.4 is 0 Å². The Bertz CT molecular complexity index is 711. The molecular formula is C15H13ClN2. The summed E-state index contributed by atoms with van der Waals surface area (Å²) in [5.74, 6) is 0. The van der Waals surface area contributed by atoms with Crippen molar-refractivity contribution in [2.75, 3.05) is 0 Å². The molecule has 1 aromatic carbocycles. The average Bonchev–Trinajstić information content (AvgIpc) is 2.66. The fourth-order valence-corrected chi connectivity index (χ4v) is 2.35. The molecule has 2 heterocycles. The van der Waals surface area contributed by atoms with Gasteiger partial charge in [0.15, 0.2) is 0 Å². The van der Waals surface area contributed by atoms with Crippen LogP contribution in [0.15, 0.2) is 42.6 Å². The first-order valence-corrected chi connectivity index (χ1v) is 6.24. The molecule has 0 aliphatic heterocycles. The third-order valence-corrected chi connectivity index (χ3v) is 3.31. The third-order valence-electron chi connectivity index (χ3n) is 3.06. The summed E-state index contributed by atoms with van der Waals surface area (Å²) in [5.41, 5.74) is 5.49. The van der Waals surface area contributed by atoms with Crippen LogP contribution in [0.1, 0.15) is 11.3 Å². The predicted molar refractivity (Wildman–Crippen MR) is 75.1 cm³/mol. The van der Waals surface area contributed by atoms with Crippen molar-refractivity contribution in [3.63, 3.8) is 0 Å². The first-order valence-electron chi connectivity index (χ1n) is 5.86. The number of aromatic nitrogens is 2. The van der Waals surface area contributed by atoms with Gasteiger partial charge in [-0.3, -0.25) is 4.40 Å². The Labute approximate surface area is 111 Å². The molecule has 0 bridgehead atoms. The maximum atomic E-state index is 5.93. The number of rotatable bonds is 1. The fourth-order valence-electron chi connectivity index (χ4n) is 2.22. The van der Waals surface area contributed by atoms with Gasteiger partial charge in [-0.25, -0.2) is 4.98 Å². The Morgan fingerprint density at radius 1 is 1.00 bits per heavy atom. The van der Waals surface area contributed by atoms with Gasteiger partial charge in [0.05, 0.1) is 11.4 Å². The van der Waals surface area contributed by atoms with E-state index in [0.717, 1.165) is 27.6 Å². The number of benzene rings is 1. The molecule has 90 valence electrons. The van der Waals surface area contributed by atoms with Crippen LogP contribution in [0.25, 0.3) is 16.9 Å². The largest absolute Gasteiger partial charge is 0.299 e. The summed E-state index contributed by atoms with van der Waals surface area (Å²) < 4.78 is 2.13. The second kappa shape index (κ2) is 4.14. The van der Waals surface area contributed by atoms with Gasteiger partial charge < -0.3 is 0 Å². The lowest BCUT2D eigenvalue weighted by Crippen LogP contribution is -1.90. The average molecular weight is 257 g/mol. The molecule has 0 saturated carbocycles. The number of nitrogens with zero attached hydrogens (tertiary/aromatic N) is 2. The van der Waals surface area contributed by atoms with Gasteiger partial charge in [-0.1, -0.05) is 29.8 Å². The van der Waals surface area contributed by atoms with Crippen molar-refractivity contribution in [3.8, 4) is 11.3 Å². The van der Waals surface area contributed by atoms with E-state index in [1.54, 1.807) is 0 Å². The van der Waals surface area contributed by atoms with E-state index < -0.39 is 0 Å². The Kier molecular flexibility index (Phi) is 2.60. The topological polar surface area (TPSA) is 17.3 Å². The highest BCUT2D eigenvalue weighted by Gasteiger charge is 2.10. The van der Waals surface area contributed by atoms with E-state index in [4.69, 9.17) is 11.6 Å². The lowest BCUT2D eigenvalue weighted by molar-refractivity contribution is 1.16. The summed E-state index contributed by atoms with van der Waals surface area (Å²) >= 11 is 5.93.